The first kappa shape index (κ1) is 20.4. The molecule has 0 aliphatic carbocycles. The lowest BCUT2D eigenvalue weighted by Crippen LogP contribution is -2.50. The van der Waals surface area contributed by atoms with Crippen molar-refractivity contribution >= 4 is 17.8 Å². The number of ether oxygens (including phenoxy) is 1. The van der Waals surface area contributed by atoms with Gasteiger partial charge in [-0.15, -0.1) is 0 Å². The lowest BCUT2D eigenvalue weighted by molar-refractivity contribution is 0.0595. The first-order chi connectivity index (χ1) is 13.5. The van der Waals surface area contributed by atoms with Crippen LogP contribution in [0.25, 0.3) is 0 Å². The predicted octanol–water partition coefficient (Wildman–Crippen LogP) is 1.53. The summed E-state index contributed by atoms with van der Waals surface area (Å²) in [6.45, 7) is 12.6. The highest BCUT2D eigenvalue weighted by Crippen LogP contribution is 2.16. The Morgan fingerprint density at radius 1 is 1.00 bits per heavy atom. The van der Waals surface area contributed by atoms with E-state index in [1.807, 2.05) is 24.0 Å². The summed E-state index contributed by atoms with van der Waals surface area (Å²) in [5, 5.41) is 0. The van der Waals surface area contributed by atoms with Gasteiger partial charge in [-0.05, 0) is 32.9 Å². The van der Waals surface area contributed by atoms with E-state index in [-0.39, 0.29) is 12.0 Å². The summed E-state index contributed by atoms with van der Waals surface area (Å²) in [5.74, 6) is 0.888. The van der Waals surface area contributed by atoms with Crippen LogP contribution in [0.4, 0.5) is 10.6 Å². The molecular formula is C20H31N5O3. The second-order valence-corrected chi connectivity index (χ2v) is 7.50. The third-order valence-electron chi connectivity index (χ3n) is 5.46. The topological polar surface area (TPSA) is 69.2 Å². The minimum Gasteiger partial charge on any atom is -0.450 e. The standard InChI is InChI=1S/C20H31N5O3/c1-4-28-20(27)25-13-9-23(10-14-25)18-6-5-17(15-21-18)19(26)24-11-7-22(8-12-24)16(2)3/h5-6,15-16H,4,7-14H2,1-3H3. The van der Waals surface area contributed by atoms with Gasteiger partial charge >= 0.3 is 6.09 Å². The third-order valence-corrected chi connectivity index (χ3v) is 5.46. The lowest BCUT2D eigenvalue weighted by Gasteiger charge is -2.37. The van der Waals surface area contributed by atoms with Crippen molar-refractivity contribution in [2.24, 2.45) is 0 Å². The van der Waals surface area contributed by atoms with E-state index >= 15 is 0 Å². The maximum absolute atomic E-state index is 12.7. The van der Waals surface area contributed by atoms with Crippen LogP contribution >= 0.6 is 0 Å². The number of nitrogens with zero attached hydrogens (tertiary/aromatic N) is 5. The van der Waals surface area contributed by atoms with Crippen LogP contribution in [0.2, 0.25) is 0 Å². The average Bonchev–Trinajstić information content (AvgIpc) is 2.74. The van der Waals surface area contributed by atoms with E-state index in [9.17, 15) is 9.59 Å². The van der Waals surface area contributed by atoms with Crippen molar-refractivity contribution in [1.29, 1.82) is 0 Å². The van der Waals surface area contributed by atoms with Crippen molar-refractivity contribution in [2.45, 2.75) is 26.8 Å². The van der Waals surface area contributed by atoms with E-state index < -0.39 is 0 Å². The van der Waals surface area contributed by atoms with Gasteiger partial charge in [-0.2, -0.15) is 0 Å². The van der Waals surface area contributed by atoms with Gasteiger partial charge in [-0.25, -0.2) is 9.78 Å². The zero-order valence-electron chi connectivity index (χ0n) is 17.1. The summed E-state index contributed by atoms with van der Waals surface area (Å²) >= 11 is 0. The summed E-state index contributed by atoms with van der Waals surface area (Å²) < 4.78 is 5.05. The molecule has 0 N–H and O–H groups in total. The molecule has 0 spiro atoms. The quantitative estimate of drug-likeness (QED) is 0.778. The van der Waals surface area contributed by atoms with Crippen molar-refractivity contribution in [1.82, 2.24) is 19.7 Å². The number of pyridine rings is 1. The van der Waals surface area contributed by atoms with Gasteiger partial charge in [0.15, 0.2) is 0 Å². The molecule has 28 heavy (non-hydrogen) atoms. The minimum absolute atomic E-state index is 0.0505. The van der Waals surface area contributed by atoms with Crippen LogP contribution in [0.5, 0.6) is 0 Å². The average molecular weight is 390 g/mol. The molecule has 2 aliphatic rings. The maximum atomic E-state index is 12.7. The largest absolute Gasteiger partial charge is 0.450 e. The Hall–Kier alpha value is -2.35. The molecule has 0 bridgehead atoms. The normalized spacial score (nSPS) is 18.5. The molecule has 1 aromatic heterocycles. The zero-order valence-corrected chi connectivity index (χ0v) is 17.1. The first-order valence-corrected chi connectivity index (χ1v) is 10.2. The van der Waals surface area contributed by atoms with Gasteiger partial charge in [0.05, 0.1) is 12.2 Å². The summed E-state index contributed by atoms with van der Waals surface area (Å²) in [7, 11) is 0. The molecule has 8 nitrogen and oxygen atoms in total. The number of amides is 2. The Balaban J connectivity index is 1.53. The molecule has 2 fully saturated rings. The Morgan fingerprint density at radius 2 is 1.64 bits per heavy atom. The van der Waals surface area contributed by atoms with E-state index in [4.69, 9.17) is 4.74 Å². The molecule has 1 aromatic rings. The van der Waals surface area contributed by atoms with Crippen molar-refractivity contribution in [3.8, 4) is 0 Å². The molecule has 2 saturated heterocycles. The predicted molar refractivity (Wildman–Crippen MR) is 108 cm³/mol. The first-order valence-electron chi connectivity index (χ1n) is 10.2. The number of hydrogen-bond acceptors (Lipinski definition) is 6. The minimum atomic E-state index is -0.256. The number of piperazine rings is 2. The molecule has 0 unspecified atom stereocenters. The number of anilines is 1. The number of hydrogen-bond donors (Lipinski definition) is 0. The highest BCUT2D eigenvalue weighted by molar-refractivity contribution is 5.94. The molecule has 2 amide bonds. The smallest absolute Gasteiger partial charge is 0.409 e. The van der Waals surface area contributed by atoms with Crippen molar-refractivity contribution in [3.05, 3.63) is 23.9 Å². The highest BCUT2D eigenvalue weighted by atomic mass is 16.6. The molecule has 2 aliphatic heterocycles. The zero-order chi connectivity index (χ0) is 20.1. The summed E-state index contributed by atoms with van der Waals surface area (Å²) in [4.78, 5) is 37.2. The SMILES string of the molecule is CCOC(=O)N1CCN(c2ccc(C(=O)N3CCN(C(C)C)CC3)cn2)CC1. The molecule has 0 saturated carbocycles. The molecule has 0 radical (unpaired) electrons. The van der Waals surface area contributed by atoms with Crippen molar-refractivity contribution in [2.75, 3.05) is 63.9 Å². The monoisotopic (exact) mass is 389 g/mol. The van der Waals surface area contributed by atoms with Gasteiger partial charge < -0.3 is 19.4 Å². The summed E-state index contributed by atoms with van der Waals surface area (Å²) in [6, 6.07) is 4.27. The number of carbonyl (C=O) groups is 2. The molecule has 3 heterocycles. The van der Waals surface area contributed by atoms with Gasteiger partial charge in [0.25, 0.3) is 5.91 Å². The molecule has 0 atom stereocenters. The van der Waals surface area contributed by atoms with Crippen LogP contribution in [-0.2, 0) is 4.74 Å². The Labute approximate surface area is 167 Å². The van der Waals surface area contributed by atoms with E-state index in [2.05, 4.69) is 28.6 Å². The van der Waals surface area contributed by atoms with Gasteiger partial charge in [0, 0.05) is 64.6 Å². The Kier molecular flexibility index (Phi) is 6.72. The van der Waals surface area contributed by atoms with Crippen LogP contribution in [0.15, 0.2) is 18.3 Å². The summed E-state index contributed by atoms with van der Waals surface area (Å²) in [6.07, 6.45) is 1.41. The van der Waals surface area contributed by atoms with Crippen molar-refractivity contribution in [3.63, 3.8) is 0 Å². The third kappa shape index (κ3) is 4.73. The van der Waals surface area contributed by atoms with Gasteiger partial charge in [-0.1, -0.05) is 0 Å². The second-order valence-electron chi connectivity index (χ2n) is 7.50. The van der Waals surface area contributed by atoms with Crippen LogP contribution in [0.3, 0.4) is 0 Å². The van der Waals surface area contributed by atoms with E-state index in [1.165, 1.54) is 0 Å². The van der Waals surface area contributed by atoms with E-state index in [0.29, 0.717) is 44.4 Å². The fraction of sp³-hybridized carbons (Fsp3) is 0.650. The Morgan fingerprint density at radius 3 is 2.18 bits per heavy atom. The van der Waals surface area contributed by atoms with Crippen LogP contribution in [-0.4, -0.2) is 96.7 Å². The van der Waals surface area contributed by atoms with Crippen LogP contribution < -0.4 is 4.90 Å². The molecular weight excluding hydrogens is 358 g/mol. The fourth-order valence-corrected chi connectivity index (χ4v) is 3.66. The van der Waals surface area contributed by atoms with Gasteiger partial charge in [-0.3, -0.25) is 9.69 Å². The number of carbonyl (C=O) groups excluding carboxylic acids is 2. The number of rotatable bonds is 4. The fourth-order valence-electron chi connectivity index (χ4n) is 3.66. The molecule has 0 aromatic carbocycles. The van der Waals surface area contributed by atoms with Crippen LogP contribution in [0.1, 0.15) is 31.1 Å². The van der Waals surface area contributed by atoms with E-state index in [1.54, 1.807) is 11.1 Å². The summed E-state index contributed by atoms with van der Waals surface area (Å²) in [5.41, 5.74) is 0.631. The van der Waals surface area contributed by atoms with E-state index in [0.717, 1.165) is 32.0 Å². The second kappa shape index (κ2) is 9.23. The van der Waals surface area contributed by atoms with Gasteiger partial charge in [0.2, 0.25) is 0 Å². The van der Waals surface area contributed by atoms with Gasteiger partial charge in [0.1, 0.15) is 5.82 Å². The van der Waals surface area contributed by atoms with Crippen LogP contribution in [0, 0.1) is 0 Å². The molecule has 154 valence electrons. The molecule has 3 rings (SSSR count). The molecule has 8 heteroatoms. The van der Waals surface area contributed by atoms with Crippen molar-refractivity contribution < 1.29 is 14.3 Å². The number of aromatic nitrogens is 1. The maximum Gasteiger partial charge on any atom is 0.409 e. The lowest BCUT2D eigenvalue weighted by atomic mass is 10.2. The highest BCUT2D eigenvalue weighted by Gasteiger charge is 2.25. The Bertz CT molecular complexity index is 663.